The van der Waals surface area contributed by atoms with Gasteiger partial charge in [0.2, 0.25) is 0 Å². The van der Waals surface area contributed by atoms with Crippen LogP contribution in [0.2, 0.25) is 0 Å². The summed E-state index contributed by atoms with van der Waals surface area (Å²) >= 11 is 2.06. The van der Waals surface area contributed by atoms with Crippen LogP contribution in [0.5, 0.6) is 0 Å². The first-order chi connectivity index (χ1) is 7.79. The highest BCUT2D eigenvalue weighted by molar-refractivity contribution is 8.00. The fourth-order valence-electron chi connectivity index (χ4n) is 1.95. The first-order valence-corrected chi connectivity index (χ1v) is 6.91. The molecule has 16 heavy (non-hydrogen) atoms. The monoisotopic (exact) mass is 237 g/mol. The number of nitrogens with zero attached hydrogens (tertiary/aromatic N) is 2. The van der Waals surface area contributed by atoms with Gasteiger partial charge in [0, 0.05) is 48.6 Å². The number of pyridine rings is 1. The van der Waals surface area contributed by atoms with Crippen LogP contribution in [0.15, 0.2) is 18.3 Å². The Labute approximate surface area is 102 Å². The molecular weight excluding hydrogens is 218 g/mol. The quantitative estimate of drug-likeness (QED) is 0.874. The van der Waals surface area contributed by atoms with Crippen LogP contribution in [-0.4, -0.2) is 35.6 Å². The molecule has 1 aliphatic heterocycles. The standard InChI is InChI=1S/C12H19N3S/c1-3-13-12-8-11(4-5-14-12)15-6-7-16-10(2)9-15/h4-5,8,10H,3,6-7,9H2,1-2H3,(H,13,14). The molecule has 0 spiro atoms. The number of rotatable bonds is 3. The summed E-state index contributed by atoms with van der Waals surface area (Å²) in [5.74, 6) is 2.20. The molecule has 0 saturated carbocycles. The molecule has 1 aliphatic rings. The Kier molecular flexibility index (Phi) is 3.93. The minimum Gasteiger partial charge on any atom is -0.370 e. The molecule has 1 aromatic rings. The number of aromatic nitrogens is 1. The van der Waals surface area contributed by atoms with Crippen molar-refractivity contribution in [1.29, 1.82) is 0 Å². The molecule has 1 unspecified atom stereocenters. The molecule has 3 nitrogen and oxygen atoms in total. The Morgan fingerprint density at radius 1 is 1.62 bits per heavy atom. The fourth-order valence-corrected chi connectivity index (χ4v) is 2.96. The highest BCUT2D eigenvalue weighted by atomic mass is 32.2. The topological polar surface area (TPSA) is 28.2 Å². The van der Waals surface area contributed by atoms with Gasteiger partial charge in [-0.1, -0.05) is 6.92 Å². The summed E-state index contributed by atoms with van der Waals surface area (Å²) in [4.78, 5) is 6.75. The van der Waals surface area contributed by atoms with Crippen LogP contribution in [0.4, 0.5) is 11.5 Å². The molecule has 2 heterocycles. The molecule has 1 atom stereocenters. The molecule has 0 aliphatic carbocycles. The third-order valence-corrected chi connectivity index (χ3v) is 3.84. The van der Waals surface area contributed by atoms with Crippen molar-refractivity contribution in [1.82, 2.24) is 4.98 Å². The van der Waals surface area contributed by atoms with Gasteiger partial charge in [-0.15, -0.1) is 0 Å². The zero-order valence-corrected chi connectivity index (χ0v) is 10.8. The molecule has 2 rings (SSSR count). The number of hydrogen-bond donors (Lipinski definition) is 1. The molecule has 1 fully saturated rings. The molecule has 0 amide bonds. The molecule has 0 aromatic carbocycles. The van der Waals surface area contributed by atoms with Crippen LogP contribution in [0.25, 0.3) is 0 Å². The smallest absolute Gasteiger partial charge is 0.127 e. The lowest BCUT2D eigenvalue weighted by Gasteiger charge is -2.32. The average Bonchev–Trinajstić information content (AvgIpc) is 2.30. The normalized spacial score (nSPS) is 20.9. The summed E-state index contributed by atoms with van der Waals surface area (Å²) < 4.78 is 0. The molecule has 0 bridgehead atoms. The van der Waals surface area contributed by atoms with Crippen molar-refractivity contribution in [3.05, 3.63) is 18.3 Å². The molecule has 88 valence electrons. The highest BCUT2D eigenvalue weighted by Crippen LogP contribution is 2.24. The maximum absolute atomic E-state index is 4.30. The van der Waals surface area contributed by atoms with E-state index in [9.17, 15) is 0 Å². The maximum atomic E-state index is 4.30. The number of nitrogens with one attached hydrogen (secondary N) is 1. The van der Waals surface area contributed by atoms with E-state index in [-0.39, 0.29) is 0 Å². The van der Waals surface area contributed by atoms with Gasteiger partial charge >= 0.3 is 0 Å². The van der Waals surface area contributed by atoms with E-state index in [0.29, 0.717) is 0 Å². The van der Waals surface area contributed by atoms with Crippen LogP contribution in [0.1, 0.15) is 13.8 Å². The number of thioether (sulfide) groups is 1. The first kappa shape index (κ1) is 11.6. The largest absolute Gasteiger partial charge is 0.370 e. The van der Waals surface area contributed by atoms with Crippen molar-refractivity contribution in [3.63, 3.8) is 0 Å². The number of hydrogen-bond acceptors (Lipinski definition) is 4. The van der Waals surface area contributed by atoms with Gasteiger partial charge in [0.1, 0.15) is 5.82 Å². The fraction of sp³-hybridized carbons (Fsp3) is 0.583. The van der Waals surface area contributed by atoms with Crippen LogP contribution in [0.3, 0.4) is 0 Å². The van der Waals surface area contributed by atoms with Crippen LogP contribution < -0.4 is 10.2 Å². The van der Waals surface area contributed by atoms with Crippen LogP contribution in [0, 0.1) is 0 Å². The Hall–Kier alpha value is -0.900. The van der Waals surface area contributed by atoms with Crippen molar-refractivity contribution in [2.75, 3.05) is 35.6 Å². The minimum atomic E-state index is 0.726. The second kappa shape index (κ2) is 5.43. The van der Waals surface area contributed by atoms with Gasteiger partial charge in [0.25, 0.3) is 0 Å². The lowest BCUT2D eigenvalue weighted by atomic mass is 10.3. The van der Waals surface area contributed by atoms with E-state index < -0.39 is 0 Å². The molecular formula is C12H19N3S. The number of anilines is 2. The van der Waals surface area contributed by atoms with Crippen molar-refractivity contribution in [3.8, 4) is 0 Å². The van der Waals surface area contributed by atoms with Gasteiger partial charge in [0.15, 0.2) is 0 Å². The summed E-state index contributed by atoms with van der Waals surface area (Å²) in [5.41, 5.74) is 1.29. The van der Waals surface area contributed by atoms with E-state index in [0.717, 1.165) is 30.7 Å². The summed E-state index contributed by atoms with van der Waals surface area (Å²) in [6.45, 7) is 7.59. The van der Waals surface area contributed by atoms with Crippen LogP contribution in [-0.2, 0) is 0 Å². The lowest BCUT2D eigenvalue weighted by Crippen LogP contribution is -2.36. The van der Waals surface area contributed by atoms with Crippen molar-refractivity contribution in [2.45, 2.75) is 19.1 Å². The molecule has 1 aromatic heterocycles. The Balaban J connectivity index is 2.09. The first-order valence-electron chi connectivity index (χ1n) is 5.86. The van der Waals surface area contributed by atoms with Crippen LogP contribution >= 0.6 is 11.8 Å². The minimum absolute atomic E-state index is 0.726. The summed E-state index contributed by atoms with van der Waals surface area (Å²) in [6.07, 6.45) is 1.89. The van der Waals surface area contributed by atoms with Crippen molar-refractivity contribution < 1.29 is 0 Å². The van der Waals surface area contributed by atoms with E-state index in [2.05, 4.69) is 52.9 Å². The van der Waals surface area contributed by atoms with E-state index in [1.54, 1.807) is 0 Å². The SMILES string of the molecule is CCNc1cc(N2CCSC(C)C2)ccn1. The van der Waals surface area contributed by atoms with Gasteiger partial charge in [-0.2, -0.15) is 11.8 Å². The van der Waals surface area contributed by atoms with E-state index in [1.807, 2.05) is 6.20 Å². The summed E-state index contributed by atoms with van der Waals surface area (Å²) in [5, 5.41) is 3.98. The van der Waals surface area contributed by atoms with Gasteiger partial charge in [0.05, 0.1) is 0 Å². The average molecular weight is 237 g/mol. The molecule has 1 N–H and O–H groups in total. The van der Waals surface area contributed by atoms with E-state index >= 15 is 0 Å². The van der Waals surface area contributed by atoms with Gasteiger partial charge in [-0.05, 0) is 13.0 Å². The Morgan fingerprint density at radius 2 is 2.50 bits per heavy atom. The van der Waals surface area contributed by atoms with Crippen molar-refractivity contribution >= 4 is 23.3 Å². The van der Waals surface area contributed by atoms with E-state index in [4.69, 9.17) is 0 Å². The predicted molar refractivity (Wildman–Crippen MR) is 72.5 cm³/mol. The highest BCUT2D eigenvalue weighted by Gasteiger charge is 2.17. The molecule has 1 saturated heterocycles. The lowest BCUT2D eigenvalue weighted by molar-refractivity contribution is 0.782. The third kappa shape index (κ3) is 2.82. The molecule has 0 radical (unpaired) electrons. The maximum Gasteiger partial charge on any atom is 0.127 e. The molecule has 4 heteroatoms. The van der Waals surface area contributed by atoms with Gasteiger partial charge in [-0.3, -0.25) is 0 Å². The zero-order valence-electron chi connectivity index (χ0n) is 9.94. The predicted octanol–water partition coefficient (Wildman–Crippen LogP) is 2.46. The third-order valence-electron chi connectivity index (χ3n) is 2.71. The van der Waals surface area contributed by atoms with Gasteiger partial charge in [-0.25, -0.2) is 4.98 Å². The second-order valence-corrected chi connectivity index (χ2v) is 5.60. The Bertz CT molecular complexity index is 343. The van der Waals surface area contributed by atoms with E-state index in [1.165, 1.54) is 11.4 Å². The summed E-state index contributed by atoms with van der Waals surface area (Å²) in [7, 11) is 0. The van der Waals surface area contributed by atoms with Crippen molar-refractivity contribution in [2.24, 2.45) is 0 Å². The zero-order chi connectivity index (χ0) is 11.4. The van der Waals surface area contributed by atoms with Gasteiger partial charge < -0.3 is 10.2 Å². The Morgan fingerprint density at radius 3 is 3.25 bits per heavy atom. The summed E-state index contributed by atoms with van der Waals surface area (Å²) in [6, 6.07) is 4.25. The second-order valence-electron chi connectivity index (χ2n) is 4.06.